The summed E-state index contributed by atoms with van der Waals surface area (Å²) in [4.78, 5) is 11.5. The van der Waals surface area contributed by atoms with Crippen LogP contribution in [0.1, 0.15) is 50.2 Å². The summed E-state index contributed by atoms with van der Waals surface area (Å²) in [7, 11) is 0. The lowest BCUT2D eigenvalue weighted by atomic mass is 9.98. The summed E-state index contributed by atoms with van der Waals surface area (Å²) in [5.74, 6) is 2.48. The number of fused-ring (bicyclic) bond motifs is 1. The van der Waals surface area contributed by atoms with Crippen molar-refractivity contribution in [3.8, 4) is 5.75 Å². The monoisotopic (exact) mass is 273 g/mol. The molecule has 20 heavy (non-hydrogen) atoms. The standard InChI is InChI=1S/C17H23NO2/c1-3-5-17(19)18-10-12-9-14(12)13-6-4-7-16-15(13)8-11(2)20-16/h4,6-7,11-12,14H,3,5,8-10H2,1-2H3,(H,18,19)/t11?,12-,14+/m0/s1. The third-order valence-electron chi connectivity index (χ3n) is 4.35. The van der Waals surface area contributed by atoms with E-state index in [9.17, 15) is 4.79 Å². The zero-order valence-electron chi connectivity index (χ0n) is 12.3. The van der Waals surface area contributed by atoms with Gasteiger partial charge in [0.2, 0.25) is 5.91 Å². The molecule has 1 saturated carbocycles. The van der Waals surface area contributed by atoms with Crippen molar-refractivity contribution < 1.29 is 9.53 Å². The van der Waals surface area contributed by atoms with Crippen LogP contribution < -0.4 is 10.1 Å². The van der Waals surface area contributed by atoms with Crippen molar-refractivity contribution in [3.63, 3.8) is 0 Å². The van der Waals surface area contributed by atoms with Crippen molar-refractivity contribution >= 4 is 5.91 Å². The van der Waals surface area contributed by atoms with Gasteiger partial charge in [0, 0.05) is 24.9 Å². The van der Waals surface area contributed by atoms with Gasteiger partial charge in [-0.15, -0.1) is 0 Å². The highest BCUT2D eigenvalue weighted by atomic mass is 16.5. The molecular weight excluding hydrogens is 250 g/mol. The Balaban J connectivity index is 1.60. The Kier molecular flexibility index (Phi) is 3.68. The fraction of sp³-hybridized carbons (Fsp3) is 0.588. The summed E-state index contributed by atoms with van der Waals surface area (Å²) < 4.78 is 5.82. The molecule has 1 aromatic carbocycles. The zero-order chi connectivity index (χ0) is 14.1. The number of nitrogens with one attached hydrogen (secondary N) is 1. The lowest BCUT2D eigenvalue weighted by Gasteiger charge is -2.07. The van der Waals surface area contributed by atoms with Gasteiger partial charge in [-0.2, -0.15) is 0 Å². The second-order valence-electron chi connectivity index (χ2n) is 6.11. The van der Waals surface area contributed by atoms with E-state index in [4.69, 9.17) is 4.74 Å². The van der Waals surface area contributed by atoms with E-state index in [-0.39, 0.29) is 5.91 Å². The topological polar surface area (TPSA) is 38.3 Å². The summed E-state index contributed by atoms with van der Waals surface area (Å²) in [5, 5.41) is 3.05. The summed E-state index contributed by atoms with van der Waals surface area (Å²) in [6, 6.07) is 6.40. The van der Waals surface area contributed by atoms with Gasteiger partial charge in [0.1, 0.15) is 11.9 Å². The van der Waals surface area contributed by atoms with Gasteiger partial charge in [0.15, 0.2) is 0 Å². The maximum absolute atomic E-state index is 11.5. The first-order valence-corrected chi connectivity index (χ1v) is 7.74. The van der Waals surface area contributed by atoms with Gasteiger partial charge in [-0.3, -0.25) is 4.79 Å². The van der Waals surface area contributed by atoms with E-state index in [1.807, 2.05) is 6.92 Å². The van der Waals surface area contributed by atoms with Crippen LogP contribution >= 0.6 is 0 Å². The number of carbonyl (C=O) groups is 1. The Labute approximate surface area is 120 Å². The van der Waals surface area contributed by atoms with Crippen molar-refractivity contribution in [2.75, 3.05) is 6.54 Å². The quantitative estimate of drug-likeness (QED) is 0.895. The smallest absolute Gasteiger partial charge is 0.219 e. The molecular formula is C17H23NO2. The van der Waals surface area contributed by atoms with E-state index in [0.29, 0.717) is 24.4 Å². The molecule has 0 bridgehead atoms. The molecule has 3 nitrogen and oxygen atoms in total. The highest BCUT2D eigenvalue weighted by Crippen LogP contribution is 2.50. The first-order valence-electron chi connectivity index (χ1n) is 7.74. The number of amides is 1. The Morgan fingerprint density at radius 3 is 3.10 bits per heavy atom. The van der Waals surface area contributed by atoms with Gasteiger partial charge >= 0.3 is 0 Å². The van der Waals surface area contributed by atoms with Crippen molar-refractivity contribution in [2.24, 2.45) is 5.92 Å². The molecule has 0 radical (unpaired) electrons. The molecule has 3 atom stereocenters. The summed E-state index contributed by atoms with van der Waals surface area (Å²) in [5.41, 5.74) is 2.84. The second-order valence-corrected chi connectivity index (χ2v) is 6.11. The van der Waals surface area contributed by atoms with Crippen LogP contribution in [0.3, 0.4) is 0 Å². The maximum atomic E-state index is 11.5. The Hall–Kier alpha value is -1.51. The second kappa shape index (κ2) is 5.47. The Morgan fingerprint density at radius 1 is 1.45 bits per heavy atom. The predicted molar refractivity (Wildman–Crippen MR) is 79.0 cm³/mol. The molecule has 1 heterocycles. The number of benzene rings is 1. The number of ether oxygens (including phenoxy) is 1. The average Bonchev–Trinajstić information content (AvgIpc) is 3.08. The SMILES string of the molecule is CCCC(=O)NC[C@@H]1C[C@H]1c1cccc2c1CC(C)O2. The molecule has 1 unspecified atom stereocenters. The van der Waals surface area contributed by atoms with Crippen molar-refractivity contribution in [3.05, 3.63) is 29.3 Å². The molecule has 1 aromatic rings. The third kappa shape index (κ3) is 2.67. The minimum atomic E-state index is 0.188. The molecule has 3 heteroatoms. The number of rotatable bonds is 5. The molecule has 0 saturated heterocycles. The van der Waals surface area contributed by atoms with Crippen LogP contribution in [0.15, 0.2) is 18.2 Å². The van der Waals surface area contributed by atoms with Crippen LogP contribution in [0.5, 0.6) is 5.75 Å². The highest BCUT2D eigenvalue weighted by molar-refractivity contribution is 5.75. The fourth-order valence-corrected chi connectivity index (χ4v) is 3.22. The summed E-state index contributed by atoms with van der Waals surface area (Å²) >= 11 is 0. The minimum Gasteiger partial charge on any atom is -0.490 e. The first kappa shape index (κ1) is 13.5. The van der Waals surface area contributed by atoms with Gasteiger partial charge in [0.05, 0.1) is 0 Å². The molecule has 108 valence electrons. The Morgan fingerprint density at radius 2 is 2.30 bits per heavy atom. The largest absolute Gasteiger partial charge is 0.490 e. The Bertz CT molecular complexity index is 512. The molecule has 0 aromatic heterocycles. The first-order chi connectivity index (χ1) is 9.69. The van der Waals surface area contributed by atoms with Crippen molar-refractivity contribution in [1.82, 2.24) is 5.32 Å². The molecule has 3 rings (SSSR count). The van der Waals surface area contributed by atoms with Gasteiger partial charge in [0.25, 0.3) is 0 Å². The van der Waals surface area contributed by atoms with E-state index < -0.39 is 0 Å². The van der Waals surface area contributed by atoms with Crippen LogP contribution in [0.2, 0.25) is 0 Å². The lowest BCUT2D eigenvalue weighted by molar-refractivity contribution is -0.121. The molecule has 2 aliphatic rings. The minimum absolute atomic E-state index is 0.188. The number of hydrogen-bond acceptors (Lipinski definition) is 2. The molecule has 0 spiro atoms. The molecule has 1 N–H and O–H groups in total. The van der Waals surface area contributed by atoms with Crippen LogP contribution in [0, 0.1) is 5.92 Å². The fourth-order valence-electron chi connectivity index (χ4n) is 3.22. The van der Waals surface area contributed by atoms with Crippen LogP contribution in [-0.2, 0) is 11.2 Å². The van der Waals surface area contributed by atoms with E-state index >= 15 is 0 Å². The van der Waals surface area contributed by atoms with Crippen LogP contribution in [0.25, 0.3) is 0 Å². The zero-order valence-corrected chi connectivity index (χ0v) is 12.3. The number of hydrogen-bond donors (Lipinski definition) is 1. The van der Waals surface area contributed by atoms with Gasteiger partial charge < -0.3 is 10.1 Å². The van der Waals surface area contributed by atoms with Gasteiger partial charge in [-0.05, 0) is 43.2 Å². The van der Waals surface area contributed by atoms with E-state index in [0.717, 1.165) is 25.1 Å². The maximum Gasteiger partial charge on any atom is 0.219 e. The van der Waals surface area contributed by atoms with Gasteiger partial charge in [-0.1, -0.05) is 19.1 Å². The highest BCUT2D eigenvalue weighted by Gasteiger charge is 2.40. The molecule has 1 fully saturated rings. The van der Waals surface area contributed by atoms with Crippen LogP contribution in [-0.4, -0.2) is 18.6 Å². The third-order valence-corrected chi connectivity index (χ3v) is 4.35. The number of carbonyl (C=O) groups excluding carboxylic acids is 1. The van der Waals surface area contributed by atoms with E-state index in [2.05, 4.69) is 30.4 Å². The van der Waals surface area contributed by atoms with Gasteiger partial charge in [-0.25, -0.2) is 0 Å². The molecule has 1 aliphatic carbocycles. The van der Waals surface area contributed by atoms with E-state index in [1.54, 1.807) is 0 Å². The predicted octanol–water partition coefficient (Wildman–Crippen LogP) is 3.03. The normalized spacial score (nSPS) is 26.8. The molecule has 1 amide bonds. The van der Waals surface area contributed by atoms with Crippen molar-refractivity contribution in [2.45, 2.75) is 51.6 Å². The van der Waals surface area contributed by atoms with Crippen molar-refractivity contribution in [1.29, 1.82) is 0 Å². The lowest BCUT2D eigenvalue weighted by Crippen LogP contribution is -2.25. The van der Waals surface area contributed by atoms with Crippen LogP contribution in [0.4, 0.5) is 0 Å². The molecule has 1 aliphatic heterocycles. The summed E-state index contributed by atoms with van der Waals surface area (Å²) in [6.45, 7) is 4.98. The summed E-state index contributed by atoms with van der Waals surface area (Å²) in [6.07, 6.45) is 4.08. The average molecular weight is 273 g/mol. The van der Waals surface area contributed by atoms with E-state index in [1.165, 1.54) is 17.5 Å².